The van der Waals surface area contributed by atoms with Gasteiger partial charge in [0.15, 0.2) is 0 Å². The van der Waals surface area contributed by atoms with Gasteiger partial charge >= 0.3 is 0 Å². The van der Waals surface area contributed by atoms with E-state index in [0.717, 1.165) is 19.3 Å². The first-order valence-corrected chi connectivity index (χ1v) is 4.41. The zero-order chi connectivity index (χ0) is 10.1. The summed E-state index contributed by atoms with van der Waals surface area (Å²) in [7, 11) is 1.78. The van der Waals surface area contributed by atoms with Gasteiger partial charge in [0, 0.05) is 11.5 Å². The van der Waals surface area contributed by atoms with Gasteiger partial charge in [-0.15, -0.1) is 0 Å². The summed E-state index contributed by atoms with van der Waals surface area (Å²) in [6.07, 6.45) is 2.56. The number of ketones is 1. The lowest BCUT2D eigenvalue weighted by molar-refractivity contribution is -0.119. The van der Waals surface area contributed by atoms with Gasteiger partial charge in [-0.2, -0.15) is 0 Å². The van der Waals surface area contributed by atoms with E-state index in [2.05, 4.69) is 15.3 Å². The molecule has 0 bridgehead atoms. The van der Waals surface area contributed by atoms with Crippen molar-refractivity contribution < 1.29 is 4.79 Å². The molecule has 74 valence electrons. The Morgan fingerprint density at radius 3 is 2.77 bits per heavy atom. The Bertz CT molecular complexity index is 198. The fourth-order valence-corrected chi connectivity index (χ4v) is 1.13. The Labute approximate surface area is 78.1 Å². The highest BCUT2D eigenvalue weighted by atomic mass is 16.1. The van der Waals surface area contributed by atoms with Crippen LogP contribution in [0.4, 0.5) is 0 Å². The summed E-state index contributed by atoms with van der Waals surface area (Å²) in [5, 5.41) is 6.35. The van der Waals surface area contributed by atoms with Crippen LogP contribution < -0.4 is 5.32 Å². The van der Waals surface area contributed by atoms with Crippen molar-refractivity contribution in [1.29, 1.82) is 0 Å². The first-order valence-electron chi connectivity index (χ1n) is 4.41. The summed E-state index contributed by atoms with van der Waals surface area (Å²) in [5.74, 6) is 0.159. The molecule has 0 saturated heterocycles. The molecule has 0 aromatic carbocycles. The van der Waals surface area contributed by atoms with Gasteiger partial charge in [-0.3, -0.25) is 4.79 Å². The number of rotatable bonds is 7. The zero-order valence-corrected chi connectivity index (χ0v) is 8.16. The zero-order valence-electron chi connectivity index (χ0n) is 8.16. The van der Waals surface area contributed by atoms with Crippen molar-refractivity contribution in [2.75, 3.05) is 13.6 Å². The minimum Gasteiger partial charge on any atom is -0.311 e. The Balaban J connectivity index is 3.49. The monoisotopic (exact) mass is 184 g/mol. The Hall–Kier alpha value is -1.06. The molecule has 0 aliphatic carbocycles. The molecule has 0 amide bonds. The van der Waals surface area contributed by atoms with Crippen LogP contribution in [0.3, 0.4) is 0 Å². The van der Waals surface area contributed by atoms with Crippen LogP contribution in [-0.4, -0.2) is 25.4 Å². The maximum Gasteiger partial charge on any atom is 0.146 e. The molecule has 0 unspecified atom stereocenters. The van der Waals surface area contributed by atoms with E-state index < -0.39 is 0 Å². The van der Waals surface area contributed by atoms with Crippen LogP contribution in [0, 0.1) is 0 Å². The van der Waals surface area contributed by atoms with Gasteiger partial charge in [-0.1, -0.05) is 11.5 Å². The number of Topliss-reactive ketones (excluding diaryl/α,β-unsaturated/α-hetero) is 1. The summed E-state index contributed by atoms with van der Waals surface area (Å²) < 4.78 is 0. The first-order chi connectivity index (χ1) is 6.22. The van der Waals surface area contributed by atoms with Crippen LogP contribution in [0.2, 0.25) is 0 Å². The first kappa shape index (κ1) is 11.9. The maximum absolute atomic E-state index is 11.0. The van der Waals surface area contributed by atoms with Crippen molar-refractivity contribution >= 4 is 5.78 Å². The largest absolute Gasteiger partial charge is 0.311 e. The number of azide groups is 1. The lowest BCUT2D eigenvalue weighted by Gasteiger charge is -2.11. The molecule has 5 nitrogen and oxygen atoms in total. The number of carbonyl (C=O) groups excluding carboxylic acids is 1. The number of nitrogens with one attached hydrogen (secondary N) is 1. The topological polar surface area (TPSA) is 77.9 Å². The number of hydrogen-bond donors (Lipinski definition) is 1. The Morgan fingerprint density at radius 2 is 2.31 bits per heavy atom. The minimum absolute atomic E-state index is 0.0499. The minimum atomic E-state index is -0.0499. The van der Waals surface area contributed by atoms with Crippen LogP contribution in [0.5, 0.6) is 0 Å². The molecule has 0 aliphatic heterocycles. The number of unbranched alkanes of at least 4 members (excludes halogenated alkanes) is 1. The molecule has 0 aromatic heterocycles. The molecular weight excluding hydrogens is 168 g/mol. The lowest BCUT2D eigenvalue weighted by Crippen LogP contribution is -2.32. The highest BCUT2D eigenvalue weighted by Crippen LogP contribution is 2.01. The molecule has 0 spiro atoms. The van der Waals surface area contributed by atoms with Gasteiger partial charge < -0.3 is 5.32 Å². The molecule has 0 heterocycles. The average molecular weight is 184 g/mol. The Kier molecular flexibility index (Phi) is 6.96. The lowest BCUT2D eigenvalue weighted by atomic mass is 10.1. The smallest absolute Gasteiger partial charge is 0.146 e. The van der Waals surface area contributed by atoms with Gasteiger partial charge in [-0.05, 0) is 32.3 Å². The second kappa shape index (κ2) is 7.58. The molecule has 0 rings (SSSR count). The van der Waals surface area contributed by atoms with E-state index in [4.69, 9.17) is 5.53 Å². The number of nitrogens with zero attached hydrogens (tertiary/aromatic N) is 3. The molecular formula is C8H16N4O. The van der Waals surface area contributed by atoms with E-state index in [9.17, 15) is 4.79 Å². The fourth-order valence-electron chi connectivity index (χ4n) is 1.13. The van der Waals surface area contributed by atoms with Gasteiger partial charge in [0.1, 0.15) is 5.78 Å². The highest BCUT2D eigenvalue weighted by molar-refractivity contribution is 5.81. The van der Waals surface area contributed by atoms with E-state index in [1.54, 1.807) is 14.0 Å². The Morgan fingerprint density at radius 1 is 1.62 bits per heavy atom. The summed E-state index contributed by atoms with van der Waals surface area (Å²) >= 11 is 0. The summed E-state index contributed by atoms with van der Waals surface area (Å²) in [6.45, 7) is 2.10. The van der Waals surface area contributed by atoms with E-state index in [-0.39, 0.29) is 11.8 Å². The van der Waals surface area contributed by atoms with Crippen molar-refractivity contribution in [3.63, 3.8) is 0 Å². The maximum atomic E-state index is 11.0. The van der Waals surface area contributed by atoms with Crippen molar-refractivity contribution in [3.8, 4) is 0 Å². The van der Waals surface area contributed by atoms with Gasteiger partial charge in [0.25, 0.3) is 0 Å². The van der Waals surface area contributed by atoms with Gasteiger partial charge in [0.05, 0.1) is 6.04 Å². The molecule has 0 radical (unpaired) electrons. The number of hydrogen-bond acceptors (Lipinski definition) is 3. The van der Waals surface area contributed by atoms with Crippen LogP contribution in [0.1, 0.15) is 26.2 Å². The third-order valence-corrected chi connectivity index (χ3v) is 1.90. The van der Waals surface area contributed by atoms with Crippen molar-refractivity contribution in [2.24, 2.45) is 5.11 Å². The average Bonchev–Trinajstić information content (AvgIpc) is 2.10. The quantitative estimate of drug-likeness (QED) is 0.282. The molecule has 5 heteroatoms. The van der Waals surface area contributed by atoms with Gasteiger partial charge in [-0.25, -0.2) is 0 Å². The molecule has 1 N–H and O–H groups in total. The normalized spacial score (nSPS) is 11.8. The van der Waals surface area contributed by atoms with Crippen molar-refractivity contribution in [2.45, 2.75) is 32.2 Å². The SMILES string of the molecule is CN[C@H](CCCCN=[N+]=[N-])C(C)=O. The van der Waals surface area contributed by atoms with E-state index in [1.165, 1.54) is 0 Å². The fraction of sp³-hybridized carbons (Fsp3) is 0.875. The van der Waals surface area contributed by atoms with Crippen LogP contribution in [0.25, 0.3) is 10.4 Å². The number of likely N-dealkylation sites (N-methyl/N-ethyl adjacent to an activating group) is 1. The second-order valence-corrected chi connectivity index (χ2v) is 2.90. The number of carbonyl (C=O) groups is 1. The van der Waals surface area contributed by atoms with Crippen LogP contribution >= 0.6 is 0 Å². The van der Waals surface area contributed by atoms with Crippen molar-refractivity contribution in [1.82, 2.24) is 5.32 Å². The third-order valence-electron chi connectivity index (χ3n) is 1.90. The summed E-state index contributed by atoms with van der Waals surface area (Å²) in [5.41, 5.74) is 8.00. The molecule has 1 atom stereocenters. The highest BCUT2D eigenvalue weighted by Gasteiger charge is 2.09. The van der Waals surface area contributed by atoms with E-state index in [1.807, 2.05) is 0 Å². The second-order valence-electron chi connectivity index (χ2n) is 2.90. The molecule has 0 saturated carbocycles. The third kappa shape index (κ3) is 6.13. The molecule has 0 aromatic rings. The van der Waals surface area contributed by atoms with Crippen LogP contribution in [0.15, 0.2) is 5.11 Å². The van der Waals surface area contributed by atoms with E-state index in [0.29, 0.717) is 6.54 Å². The molecule has 0 aliphatic rings. The van der Waals surface area contributed by atoms with Crippen molar-refractivity contribution in [3.05, 3.63) is 10.4 Å². The summed E-state index contributed by atoms with van der Waals surface area (Å²) in [4.78, 5) is 13.6. The summed E-state index contributed by atoms with van der Waals surface area (Å²) in [6, 6.07) is -0.0499. The standard InChI is InChI=1S/C8H16N4O/c1-7(13)8(10-2)5-3-4-6-11-12-9/h8,10H,3-6H2,1-2H3/t8-/m1/s1. The predicted octanol–water partition coefficient (Wildman–Crippen LogP) is 1.64. The van der Waals surface area contributed by atoms with Crippen LogP contribution in [-0.2, 0) is 4.79 Å². The van der Waals surface area contributed by atoms with E-state index >= 15 is 0 Å². The van der Waals surface area contributed by atoms with Gasteiger partial charge in [0.2, 0.25) is 0 Å². The predicted molar refractivity (Wildman–Crippen MR) is 51.4 cm³/mol. The molecule has 0 fully saturated rings. The molecule has 13 heavy (non-hydrogen) atoms.